The lowest BCUT2D eigenvalue weighted by atomic mass is 10.3. The van der Waals surface area contributed by atoms with Crippen molar-refractivity contribution in [1.82, 2.24) is 9.97 Å². The summed E-state index contributed by atoms with van der Waals surface area (Å²) >= 11 is 6.83. The van der Waals surface area contributed by atoms with Crippen LogP contribution in [0.2, 0.25) is 5.15 Å². The number of nitro groups is 1. The average Bonchev–Trinajstić information content (AvgIpc) is 2.39. The Labute approximate surface area is 117 Å². The van der Waals surface area contributed by atoms with E-state index in [1.807, 2.05) is 6.07 Å². The van der Waals surface area contributed by atoms with Crippen LogP contribution in [-0.4, -0.2) is 22.0 Å². The lowest BCUT2D eigenvalue weighted by Crippen LogP contribution is -1.96. The quantitative estimate of drug-likeness (QED) is 0.490. The molecule has 0 amide bonds. The fourth-order valence-electron chi connectivity index (χ4n) is 1.38. The molecule has 19 heavy (non-hydrogen) atoms. The highest BCUT2D eigenvalue weighted by atomic mass is 35.5. The SMILES string of the molecule is COc1ccccc1Sc1ncnc(Cl)c1[N+](=O)[O-]. The number of hydrogen-bond donors (Lipinski definition) is 0. The Morgan fingerprint density at radius 2 is 2.11 bits per heavy atom. The van der Waals surface area contributed by atoms with Crippen molar-refractivity contribution < 1.29 is 9.66 Å². The highest BCUT2D eigenvalue weighted by Gasteiger charge is 2.23. The van der Waals surface area contributed by atoms with E-state index in [4.69, 9.17) is 16.3 Å². The van der Waals surface area contributed by atoms with E-state index in [0.717, 1.165) is 11.8 Å². The minimum Gasteiger partial charge on any atom is -0.496 e. The van der Waals surface area contributed by atoms with Gasteiger partial charge in [-0.05, 0) is 12.1 Å². The summed E-state index contributed by atoms with van der Waals surface area (Å²) < 4.78 is 5.18. The molecule has 0 aliphatic heterocycles. The molecule has 0 aliphatic rings. The van der Waals surface area contributed by atoms with Crippen LogP contribution in [0.5, 0.6) is 5.75 Å². The van der Waals surface area contributed by atoms with Crippen molar-refractivity contribution in [3.8, 4) is 5.75 Å². The summed E-state index contributed by atoms with van der Waals surface area (Å²) in [6, 6.07) is 7.16. The van der Waals surface area contributed by atoms with Gasteiger partial charge in [-0.2, -0.15) is 0 Å². The van der Waals surface area contributed by atoms with Crippen molar-refractivity contribution in [1.29, 1.82) is 0 Å². The molecule has 0 unspecified atom stereocenters. The van der Waals surface area contributed by atoms with Crippen LogP contribution in [0.3, 0.4) is 0 Å². The Hall–Kier alpha value is -1.86. The molecule has 98 valence electrons. The van der Waals surface area contributed by atoms with E-state index < -0.39 is 4.92 Å². The first-order chi connectivity index (χ1) is 9.13. The van der Waals surface area contributed by atoms with Crippen molar-refractivity contribution in [2.75, 3.05) is 7.11 Å². The van der Waals surface area contributed by atoms with E-state index in [0.29, 0.717) is 10.6 Å². The van der Waals surface area contributed by atoms with Gasteiger partial charge in [0, 0.05) is 0 Å². The minimum absolute atomic E-state index is 0.175. The summed E-state index contributed by atoms with van der Waals surface area (Å²) in [6.07, 6.45) is 1.19. The van der Waals surface area contributed by atoms with Crippen LogP contribution in [0.4, 0.5) is 5.69 Å². The number of rotatable bonds is 4. The fourth-order valence-corrected chi connectivity index (χ4v) is 2.61. The number of ether oxygens (including phenoxy) is 1. The first kappa shape index (κ1) is 13.6. The van der Waals surface area contributed by atoms with E-state index >= 15 is 0 Å². The normalized spacial score (nSPS) is 10.2. The van der Waals surface area contributed by atoms with E-state index in [-0.39, 0.29) is 15.9 Å². The molecule has 6 nitrogen and oxygen atoms in total. The van der Waals surface area contributed by atoms with Crippen LogP contribution in [0.15, 0.2) is 40.5 Å². The number of halogens is 1. The predicted molar refractivity (Wildman–Crippen MR) is 70.8 cm³/mol. The highest BCUT2D eigenvalue weighted by Crippen LogP contribution is 2.39. The molecule has 0 atom stereocenters. The number of nitrogens with zero attached hydrogens (tertiary/aromatic N) is 3. The molecule has 0 radical (unpaired) electrons. The molecule has 2 aromatic rings. The molecule has 0 saturated carbocycles. The van der Waals surface area contributed by atoms with Crippen LogP contribution in [0.1, 0.15) is 0 Å². The number of aromatic nitrogens is 2. The minimum atomic E-state index is -0.597. The van der Waals surface area contributed by atoms with Gasteiger partial charge < -0.3 is 4.74 Å². The number of hydrogen-bond acceptors (Lipinski definition) is 6. The van der Waals surface area contributed by atoms with Crippen LogP contribution in [0.25, 0.3) is 0 Å². The second-order valence-electron chi connectivity index (χ2n) is 3.33. The third kappa shape index (κ3) is 2.94. The van der Waals surface area contributed by atoms with Crippen molar-refractivity contribution in [2.45, 2.75) is 9.92 Å². The Balaban J connectivity index is 2.44. The number of methoxy groups -OCH3 is 1. The zero-order valence-electron chi connectivity index (χ0n) is 9.74. The summed E-state index contributed by atoms with van der Waals surface area (Å²) in [7, 11) is 1.53. The summed E-state index contributed by atoms with van der Waals surface area (Å²) in [4.78, 5) is 18.6. The summed E-state index contributed by atoms with van der Waals surface area (Å²) in [5.74, 6) is 0.608. The molecule has 8 heteroatoms. The molecule has 0 fully saturated rings. The van der Waals surface area contributed by atoms with Gasteiger partial charge in [-0.1, -0.05) is 35.5 Å². The standard InChI is InChI=1S/C11H8ClN3O3S/c1-18-7-4-2-3-5-8(7)19-11-9(15(16)17)10(12)13-6-14-11/h2-6H,1H3. The van der Waals surface area contributed by atoms with Crippen molar-refractivity contribution in [2.24, 2.45) is 0 Å². The van der Waals surface area contributed by atoms with Crippen LogP contribution in [-0.2, 0) is 0 Å². The largest absolute Gasteiger partial charge is 0.496 e. The smallest absolute Gasteiger partial charge is 0.338 e. The van der Waals surface area contributed by atoms with Gasteiger partial charge in [-0.15, -0.1) is 0 Å². The molecule has 1 heterocycles. The molecule has 0 spiro atoms. The first-order valence-corrected chi connectivity index (χ1v) is 6.28. The van der Waals surface area contributed by atoms with Gasteiger partial charge in [0.05, 0.1) is 16.9 Å². The second kappa shape index (κ2) is 5.85. The molecule has 1 aromatic heterocycles. The van der Waals surface area contributed by atoms with Gasteiger partial charge in [0.1, 0.15) is 12.1 Å². The molecule has 0 bridgehead atoms. The summed E-state index contributed by atoms with van der Waals surface area (Å²) in [5, 5.41) is 11.0. The van der Waals surface area contributed by atoms with Crippen LogP contribution >= 0.6 is 23.4 Å². The summed E-state index contributed by atoms with van der Waals surface area (Å²) in [5.41, 5.74) is -0.305. The third-order valence-electron chi connectivity index (χ3n) is 2.20. The van der Waals surface area contributed by atoms with Crippen LogP contribution < -0.4 is 4.74 Å². The first-order valence-electron chi connectivity index (χ1n) is 5.09. The summed E-state index contributed by atoms with van der Waals surface area (Å²) in [6.45, 7) is 0. The zero-order chi connectivity index (χ0) is 13.8. The molecular weight excluding hydrogens is 290 g/mol. The molecule has 0 N–H and O–H groups in total. The zero-order valence-corrected chi connectivity index (χ0v) is 11.3. The van der Waals surface area contributed by atoms with E-state index in [1.165, 1.54) is 13.4 Å². The van der Waals surface area contributed by atoms with Crippen LogP contribution in [0, 0.1) is 10.1 Å². The molecular formula is C11H8ClN3O3S. The van der Waals surface area contributed by atoms with Gasteiger partial charge in [0.15, 0.2) is 5.03 Å². The highest BCUT2D eigenvalue weighted by molar-refractivity contribution is 7.99. The maximum Gasteiger partial charge on any atom is 0.338 e. The monoisotopic (exact) mass is 297 g/mol. The predicted octanol–water partition coefficient (Wildman–Crippen LogP) is 3.20. The maximum absolute atomic E-state index is 11.0. The Morgan fingerprint density at radius 3 is 2.79 bits per heavy atom. The van der Waals surface area contributed by atoms with E-state index in [9.17, 15) is 10.1 Å². The Bertz CT molecular complexity index is 624. The number of benzene rings is 1. The topological polar surface area (TPSA) is 78.2 Å². The molecule has 0 aliphatic carbocycles. The van der Waals surface area contributed by atoms with Gasteiger partial charge >= 0.3 is 5.69 Å². The van der Waals surface area contributed by atoms with Gasteiger partial charge in [-0.3, -0.25) is 10.1 Å². The van der Waals surface area contributed by atoms with Crippen molar-refractivity contribution >= 4 is 29.1 Å². The molecule has 0 saturated heterocycles. The van der Waals surface area contributed by atoms with Gasteiger partial charge in [0.25, 0.3) is 0 Å². The second-order valence-corrected chi connectivity index (χ2v) is 4.72. The van der Waals surface area contributed by atoms with E-state index in [2.05, 4.69) is 9.97 Å². The molecule has 2 rings (SSSR count). The number of para-hydroxylation sites is 1. The van der Waals surface area contributed by atoms with Crippen molar-refractivity contribution in [3.63, 3.8) is 0 Å². The lowest BCUT2D eigenvalue weighted by Gasteiger charge is -2.07. The third-order valence-corrected chi connectivity index (χ3v) is 3.53. The Morgan fingerprint density at radius 1 is 1.37 bits per heavy atom. The Kier molecular flexibility index (Phi) is 4.18. The lowest BCUT2D eigenvalue weighted by molar-refractivity contribution is -0.388. The average molecular weight is 298 g/mol. The van der Waals surface area contributed by atoms with Gasteiger partial charge in [-0.25, -0.2) is 9.97 Å². The van der Waals surface area contributed by atoms with E-state index in [1.54, 1.807) is 18.2 Å². The van der Waals surface area contributed by atoms with Crippen molar-refractivity contribution in [3.05, 3.63) is 45.9 Å². The van der Waals surface area contributed by atoms with Gasteiger partial charge in [0.2, 0.25) is 5.15 Å². The fraction of sp³-hybridized carbons (Fsp3) is 0.0909. The molecule has 1 aromatic carbocycles. The maximum atomic E-state index is 11.0.